The number of fused-ring (bicyclic) bond motifs is 1. The maximum absolute atomic E-state index is 12.6. The first-order chi connectivity index (χ1) is 13.5. The van der Waals surface area contributed by atoms with Crippen molar-refractivity contribution in [2.45, 2.75) is 46.1 Å². The Balaban J connectivity index is 1.81. The summed E-state index contributed by atoms with van der Waals surface area (Å²) >= 11 is 0. The van der Waals surface area contributed by atoms with Crippen LogP contribution in [-0.2, 0) is 29.0 Å². The molecule has 1 aromatic carbocycles. The van der Waals surface area contributed by atoms with Gasteiger partial charge in [0.05, 0.1) is 6.42 Å². The van der Waals surface area contributed by atoms with Crippen molar-refractivity contribution in [3.8, 4) is 0 Å². The molecule has 6 heteroatoms. The highest BCUT2D eigenvalue weighted by Crippen LogP contribution is 2.31. The summed E-state index contributed by atoms with van der Waals surface area (Å²) in [6, 6.07) is 10.2. The van der Waals surface area contributed by atoms with Gasteiger partial charge in [0.1, 0.15) is 0 Å². The summed E-state index contributed by atoms with van der Waals surface area (Å²) in [7, 11) is 0. The van der Waals surface area contributed by atoms with Crippen molar-refractivity contribution in [2.24, 2.45) is 0 Å². The number of nitrogens with zero attached hydrogens (tertiary/aromatic N) is 1. The highest BCUT2D eigenvalue weighted by atomic mass is 16.2. The molecule has 1 heterocycles. The van der Waals surface area contributed by atoms with Gasteiger partial charge in [-0.25, -0.2) is 0 Å². The van der Waals surface area contributed by atoms with Crippen LogP contribution in [0.25, 0.3) is 0 Å². The largest absolute Gasteiger partial charge is 0.355 e. The van der Waals surface area contributed by atoms with Crippen LogP contribution < -0.4 is 10.6 Å². The Labute approximate surface area is 165 Å². The number of aromatic nitrogens is 1. The molecular weight excluding hydrogens is 354 g/mol. The number of nitrogens with one attached hydrogen (secondary N) is 2. The molecule has 0 fully saturated rings. The fourth-order valence-electron chi connectivity index (χ4n) is 3.85. The van der Waals surface area contributed by atoms with Crippen LogP contribution in [0.3, 0.4) is 0 Å². The highest BCUT2D eigenvalue weighted by molar-refractivity contribution is 6.01. The molecule has 1 aliphatic carbocycles. The smallest absolute Gasteiger partial charge is 0.224 e. The van der Waals surface area contributed by atoms with E-state index in [2.05, 4.69) is 27.3 Å². The molecule has 1 aliphatic rings. The molecule has 148 valence electrons. The Kier molecular flexibility index (Phi) is 6.29. The number of carbonyl (C=O) groups is 3. The molecule has 2 amide bonds. The third-order valence-electron chi connectivity index (χ3n) is 5.20. The number of hydrogen-bond acceptors (Lipinski definition) is 3. The van der Waals surface area contributed by atoms with Gasteiger partial charge in [-0.1, -0.05) is 30.3 Å². The summed E-state index contributed by atoms with van der Waals surface area (Å²) in [6.07, 6.45) is 2.44. The second-order valence-corrected chi connectivity index (χ2v) is 7.24. The fourth-order valence-corrected chi connectivity index (χ4v) is 3.85. The Morgan fingerprint density at radius 2 is 1.79 bits per heavy atom. The minimum absolute atomic E-state index is 0.122. The summed E-state index contributed by atoms with van der Waals surface area (Å²) in [4.78, 5) is 36.0. The van der Waals surface area contributed by atoms with Crippen LogP contribution in [0.4, 0.5) is 0 Å². The molecule has 6 nitrogen and oxygen atoms in total. The van der Waals surface area contributed by atoms with E-state index in [0.29, 0.717) is 26.1 Å². The first-order valence-electron chi connectivity index (χ1n) is 9.76. The molecule has 0 radical (unpaired) electrons. The van der Waals surface area contributed by atoms with Gasteiger partial charge in [0, 0.05) is 49.9 Å². The quantitative estimate of drug-likeness (QED) is 0.721. The molecule has 2 N–H and O–H groups in total. The Morgan fingerprint density at radius 3 is 2.50 bits per heavy atom. The van der Waals surface area contributed by atoms with Crippen LogP contribution in [0.1, 0.15) is 52.6 Å². The third-order valence-corrected chi connectivity index (χ3v) is 5.20. The van der Waals surface area contributed by atoms with Crippen molar-refractivity contribution in [2.75, 3.05) is 13.1 Å². The Hall–Kier alpha value is -2.89. The van der Waals surface area contributed by atoms with Crippen LogP contribution in [0.15, 0.2) is 30.3 Å². The van der Waals surface area contributed by atoms with E-state index >= 15 is 0 Å². The van der Waals surface area contributed by atoms with E-state index in [9.17, 15) is 14.4 Å². The van der Waals surface area contributed by atoms with E-state index in [1.54, 1.807) is 0 Å². The van der Waals surface area contributed by atoms with Crippen molar-refractivity contribution in [3.63, 3.8) is 0 Å². The van der Waals surface area contributed by atoms with Gasteiger partial charge >= 0.3 is 0 Å². The van der Waals surface area contributed by atoms with Crippen LogP contribution in [0.2, 0.25) is 0 Å². The minimum atomic E-state index is -0.133. The number of rotatable bonds is 7. The molecule has 0 aliphatic heterocycles. The molecular formula is C22H27N3O3. The summed E-state index contributed by atoms with van der Waals surface area (Å²) in [6.45, 7) is 4.91. The zero-order chi connectivity index (χ0) is 20.1. The monoisotopic (exact) mass is 381 g/mol. The van der Waals surface area contributed by atoms with E-state index in [1.807, 2.05) is 25.1 Å². The molecule has 0 saturated heterocycles. The van der Waals surface area contributed by atoms with Gasteiger partial charge in [0.2, 0.25) is 11.8 Å². The molecule has 3 rings (SSSR count). The summed E-state index contributed by atoms with van der Waals surface area (Å²) in [5, 5.41) is 5.47. The predicted octanol–water partition coefficient (Wildman–Crippen LogP) is 2.16. The number of Topliss-reactive ketones (excluding diaryl/α,β-unsaturated/α-hetero) is 1. The number of hydrogen-bond donors (Lipinski definition) is 2. The standard InChI is InChI=1S/C22H27N3O3/c1-15-18(13-21(28)24-12-11-23-16(2)26)22-19(9-6-10-20(22)27)25(15)14-17-7-4-3-5-8-17/h3-5,7-8H,6,9-14H2,1-2H3,(H,23,26)(H,24,28). The van der Waals surface area contributed by atoms with Crippen molar-refractivity contribution in [1.29, 1.82) is 0 Å². The molecule has 0 spiro atoms. The van der Waals surface area contributed by atoms with E-state index < -0.39 is 0 Å². The van der Waals surface area contributed by atoms with Crippen molar-refractivity contribution < 1.29 is 14.4 Å². The van der Waals surface area contributed by atoms with E-state index in [0.717, 1.165) is 35.4 Å². The first-order valence-corrected chi connectivity index (χ1v) is 9.76. The summed E-state index contributed by atoms with van der Waals surface area (Å²) in [5.74, 6) is -0.119. The zero-order valence-electron chi connectivity index (χ0n) is 16.5. The number of amides is 2. The lowest BCUT2D eigenvalue weighted by molar-refractivity contribution is -0.121. The molecule has 2 aromatic rings. The number of benzene rings is 1. The maximum Gasteiger partial charge on any atom is 0.224 e. The van der Waals surface area contributed by atoms with E-state index in [-0.39, 0.29) is 24.0 Å². The lowest BCUT2D eigenvalue weighted by Gasteiger charge is -2.16. The van der Waals surface area contributed by atoms with Gasteiger partial charge in [-0.3, -0.25) is 14.4 Å². The van der Waals surface area contributed by atoms with Gasteiger partial charge in [0.25, 0.3) is 0 Å². The van der Waals surface area contributed by atoms with Crippen LogP contribution in [-0.4, -0.2) is 35.3 Å². The SMILES string of the molecule is CC(=O)NCCNC(=O)Cc1c2c(n(Cc3ccccc3)c1C)CCCC2=O. The second kappa shape index (κ2) is 8.87. The third kappa shape index (κ3) is 4.50. The van der Waals surface area contributed by atoms with Crippen molar-refractivity contribution >= 4 is 17.6 Å². The van der Waals surface area contributed by atoms with Crippen molar-refractivity contribution in [3.05, 3.63) is 58.4 Å². The van der Waals surface area contributed by atoms with Crippen LogP contribution in [0.5, 0.6) is 0 Å². The van der Waals surface area contributed by atoms with E-state index in [1.165, 1.54) is 12.5 Å². The lowest BCUT2D eigenvalue weighted by atomic mass is 9.92. The van der Waals surface area contributed by atoms with Gasteiger partial charge in [-0.05, 0) is 30.9 Å². The fraction of sp³-hybridized carbons (Fsp3) is 0.409. The molecule has 28 heavy (non-hydrogen) atoms. The number of ketones is 1. The average Bonchev–Trinajstić information content (AvgIpc) is 2.93. The Morgan fingerprint density at radius 1 is 1.07 bits per heavy atom. The van der Waals surface area contributed by atoms with Crippen LogP contribution in [0, 0.1) is 6.92 Å². The lowest BCUT2D eigenvalue weighted by Crippen LogP contribution is -2.34. The van der Waals surface area contributed by atoms with Gasteiger partial charge in [0.15, 0.2) is 5.78 Å². The summed E-state index contributed by atoms with van der Waals surface area (Å²) in [5.41, 5.74) is 4.80. The van der Waals surface area contributed by atoms with Crippen LogP contribution >= 0.6 is 0 Å². The predicted molar refractivity (Wildman–Crippen MR) is 107 cm³/mol. The van der Waals surface area contributed by atoms with E-state index in [4.69, 9.17) is 0 Å². The molecule has 0 bridgehead atoms. The maximum atomic E-state index is 12.6. The normalized spacial score (nSPS) is 13.1. The molecule has 1 aromatic heterocycles. The molecule has 0 atom stereocenters. The average molecular weight is 381 g/mol. The van der Waals surface area contributed by atoms with Crippen molar-refractivity contribution in [1.82, 2.24) is 15.2 Å². The number of carbonyl (C=O) groups excluding carboxylic acids is 3. The topological polar surface area (TPSA) is 80.2 Å². The van der Waals surface area contributed by atoms with Gasteiger partial charge in [-0.2, -0.15) is 0 Å². The van der Waals surface area contributed by atoms with Gasteiger partial charge < -0.3 is 15.2 Å². The zero-order valence-corrected chi connectivity index (χ0v) is 16.5. The highest BCUT2D eigenvalue weighted by Gasteiger charge is 2.28. The molecule has 0 unspecified atom stereocenters. The second-order valence-electron chi connectivity index (χ2n) is 7.24. The first kappa shape index (κ1) is 19.9. The molecule has 0 saturated carbocycles. The van der Waals surface area contributed by atoms with Gasteiger partial charge in [-0.15, -0.1) is 0 Å². The minimum Gasteiger partial charge on any atom is -0.355 e. The summed E-state index contributed by atoms with van der Waals surface area (Å²) < 4.78 is 2.20. The Bertz CT molecular complexity index is 884.